The Balaban J connectivity index is 1.51. The van der Waals surface area contributed by atoms with Crippen LogP contribution in [0, 0.1) is 25.7 Å². The highest BCUT2D eigenvalue weighted by Crippen LogP contribution is 2.32. The fourth-order valence-electron chi connectivity index (χ4n) is 6.10. The average molecular weight is 694 g/mol. The van der Waals surface area contributed by atoms with Crippen LogP contribution in [0.5, 0.6) is 11.5 Å². The second kappa shape index (κ2) is 18.8. The van der Waals surface area contributed by atoms with Gasteiger partial charge in [-0.3, -0.25) is 24.4 Å². The SMILES string of the molecule is Cc1cc(CN2CCCCN(Cc3cc(C)cc(NC(=O)C(CO)CO)c3O)CCc3cccc(n3)CC2)c(O)c(NC(=O)C(CO)CO)c1. The summed E-state index contributed by atoms with van der Waals surface area (Å²) in [4.78, 5) is 34.5. The van der Waals surface area contributed by atoms with E-state index in [2.05, 4.69) is 20.4 Å². The Labute approximate surface area is 293 Å². The van der Waals surface area contributed by atoms with Crippen LogP contribution in [0.1, 0.15) is 46.5 Å². The predicted molar refractivity (Wildman–Crippen MR) is 190 cm³/mol. The molecule has 1 aliphatic heterocycles. The van der Waals surface area contributed by atoms with E-state index in [9.17, 15) is 40.2 Å². The molecule has 1 aliphatic rings. The van der Waals surface area contributed by atoms with E-state index < -0.39 is 50.1 Å². The number of rotatable bonds is 12. The van der Waals surface area contributed by atoms with Gasteiger partial charge in [0.2, 0.25) is 11.8 Å². The minimum atomic E-state index is -0.991. The quantitative estimate of drug-likeness (QED) is 0.129. The van der Waals surface area contributed by atoms with Gasteiger partial charge >= 0.3 is 0 Å². The minimum absolute atomic E-state index is 0.0513. The summed E-state index contributed by atoms with van der Waals surface area (Å²) in [6.07, 6.45) is 3.14. The third-order valence-electron chi connectivity index (χ3n) is 9.02. The van der Waals surface area contributed by atoms with Crippen molar-refractivity contribution in [3.05, 3.63) is 76.1 Å². The van der Waals surface area contributed by atoms with Gasteiger partial charge in [0.05, 0.1) is 49.6 Å². The maximum atomic E-state index is 12.5. The third-order valence-corrected chi connectivity index (χ3v) is 9.02. The summed E-state index contributed by atoms with van der Waals surface area (Å²) in [6.45, 7) is 5.46. The molecule has 4 rings (SSSR count). The van der Waals surface area contributed by atoms with Crippen molar-refractivity contribution in [3.8, 4) is 11.5 Å². The highest BCUT2D eigenvalue weighted by molar-refractivity contribution is 5.95. The van der Waals surface area contributed by atoms with E-state index >= 15 is 0 Å². The molecule has 0 spiro atoms. The molecule has 1 aromatic heterocycles. The van der Waals surface area contributed by atoms with E-state index in [0.717, 1.165) is 48.4 Å². The molecule has 3 aromatic rings. The smallest absolute Gasteiger partial charge is 0.232 e. The van der Waals surface area contributed by atoms with Crippen LogP contribution in [0.4, 0.5) is 11.4 Å². The number of phenols is 2. The van der Waals surface area contributed by atoms with Crippen LogP contribution < -0.4 is 10.6 Å². The highest BCUT2D eigenvalue weighted by atomic mass is 16.3. The average Bonchev–Trinajstić information content (AvgIpc) is 3.10. The first-order chi connectivity index (χ1) is 24.0. The number of pyridine rings is 1. The van der Waals surface area contributed by atoms with Gasteiger partial charge in [0.25, 0.3) is 0 Å². The number of benzene rings is 2. The van der Waals surface area contributed by atoms with Gasteiger partial charge in [0.15, 0.2) is 0 Å². The molecule has 2 heterocycles. The number of hydrogen-bond donors (Lipinski definition) is 8. The zero-order valence-corrected chi connectivity index (χ0v) is 28.9. The molecule has 272 valence electrons. The molecule has 0 saturated heterocycles. The zero-order chi connectivity index (χ0) is 36.2. The lowest BCUT2D eigenvalue weighted by Gasteiger charge is -2.25. The van der Waals surface area contributed by atoms with Crippen LogP contribution in [0.2, 0.25) is 0 Å². The number of aromatic hydroxyl groups is 2. The fraction of sp³-hybridized carbons (Fsp3) is 0.486. The molecule has 2 amide bonds. The van der Waals surface area contributed by atoms with Gasteiger partial charge in [0.1, 0.15) is 11.5 Å². The lowest BCUT2D eigenvalue weighted by atomic mass is 10.1. The Morgan fingerprint density at radius 1 is 0.680 bits per heavy atom. The zero-order valence-electron chi connectivity index (χ0n) is 28.9. The molecule has 0 unspecified atom stereocenters. The maximum Gasteiger partial charge on any atom is 0.232 e. The molecule has 0 saturated carbocycles. The van der Waals surface area contributed by atoms with Crippen molar-refractivity contribution >= 4 is 23.2 Å². The van der Waals surface area contributed by atoms with Crippen molar-refractivity contribution in [2.45, 2.75) is 52.6 Å². The Kier molecular flexibility index (Phi) is 14.5. The molecule has 0 atom stereocenters. The van der Waals surface area contributed by atoms with Crippen molar-refractivity contribution in [3.63, 3.8) is 0 Å². The molecule has 50 heavy (non-hydrogen) atoms. The molecule has 0 fully saturated rings. The van der Waals surface area contributed by atoms with Gasteiger partial charge in [-0.05, 0) is 75.2 Å². The van der Waals surface area contributed by atoms with Gasteiger partial charge < -0.3 is 41.3 Å². The molecular formula is C37H51N5O8. The second-order valence-electron chi connectivity index (χ2n) is 13.1. The Bertz CT molecular complexity index is 1480. The van der Waals surface area contributed by atoms with Gasteiger partial charge in [0, 0.05) is 61.5 Å². The van der Waals surface area contributed by atoms with Crippen molar-refractivity contribution in [2.75, 3.05) is 63.2 Å². The first kappa shape index (κ1) is 38.7. The summed E-state index contributed by atoms with van der Waals surface area (Å²) in [6, 6.07) is 13.1. The minimum Gasteiger partial charge on any atom is -0.505 e. The largest absolute Gasteiger partial charge is 0.505 e. The van der Waals surface area contributed by atoms with Crippen molar-refractivity contribution < 1.29 is 40.2 Å². The van der Waals surface area contributed by atoms with Crippen LogP contribution in [-0.2, 0) is 35.5 Å². The molecule has 0 radical (unpaired) electrons. The Morgan fingerprint density at radius 3 is 1.46 bits per heavy atom. The number of aromatic nitrogens is 1. The van der Waals surface area contributed by atoms with Crippen LogP contribution >= 0.6 is 0 Å². The number of amides is 2. The summed E-state index contributed by atoms with van der Waals surface area (Å²) >= 11 is 0. The number of phenolic OH excluding ortho intramolecular Hbond substituents is 2. The lowest BCUT2D eigenvalue weighted by Crippen LogP contribution is -2.30. The summed E-state index contributed by atoms with van der Waals surface area (Å²) in [5.41, 5.74) is 5.38. The summed E-state index contributed by atoms with van der Waals surface area (Å²) in [5, 5.41) is 65.3. The topological polar surface area (TPSA) is 199 Å². The van der Waals surface area contributed by atoms with Gasteiger partial charge in [-0.25, -0.2) is 0 Å². The van der Waals surface area contributed by atoms with Crippen LogP contribution in [-0.4, -0.2) is 110 Å². The molecule has 8 N–H and O–H groups in total. The fourth-order valence-corrected chi connectivity index (χ4v) is 6.10. The number of hydrogen-bond acceptors (Lipinski definition) is 11. The van der Waals surface area contributed by atoms with Crippen LogP contribution in [0.25, 0.3) is 0 Å². The Hall–Kier alpha value is -4.11. The third kappa shape index (κ3) is 10.7. The van der Waals surface area contributed by atoms with E-state index in [1.165, 1.54) is 0 Å². The number of nitrogens with one attached hydrogen (secondary N) is 2. The van der Waals surface area contributed by atoms with Crippen molar-refractivity contribution in [1.29, 1.82) is 0 Å². The number of aliphatic hydroxyl groups is 4. The second-order valence-corrected chi connectivity index (χ2v) is 13.1. The van der Waals surface area contributed by atoms with E-state index in [0.29, 0.717) is 50.1 Å². The van der Waals surface area contributed by atoms with E-state index in [-0.39, 0.29) is 22.9 Å². The van der Waals surface area contributed by atoms with Crippen molar-refractivity contribution in [2.24, 2.45) is 11.8 Å². The van der Waals surface area contributed by atoms with Gasteiger partial charge in [-0.2, -0.15) is 0 Å². The number of fused-ring (bicyclic) bond motifs is 2. The molecule has 13 nitrogen and oxygen atoms in total. The number of anilines is 2. The van der Waals surface area contributed by atoms with Crippen LogP contribution in [0.3, 0.4) is 0 Å². The van der Waals surface area contributed by atoms with Gasteiger partial charge in [-0.1, -0.05) is 18.2 Å². The Morgan fingerprint density at radius 2 is 1.08 bits per heavy atom. The van der Waals surface area contributed by atoms with E-state index in [1.807, 2.05) is 44.2 Å². The molecular weight excluding hydrogens is 642 g/mol. The number of nitrogens with zero attached hydrogens (tertiary/aromatic N) is 3. The first-order valence-electron chi connectivity index (χ1n) is 17.1. The molecule has 2 aromatic carbocycles. The summed E-state index contributed by atoms with van der Waals surface area (Å²) < 4.78 is 0. The summed E-state index contributed by atoms with van der Waals surface area (Å²) in [7, 11) is 0. The lowest BCUT2D eigenvalue weighted by molar-refractivity contribution is -0.123. The van der Waals surface area contributed by atoms with Crippen molar-refractivity contribution in [1.82, 2.24) is 14.8 Å². The predicted octanol–water partition coefficient (Wildman–Crippen LogP) is 2.07. The normalized spacial score (nSPS) is 15.0. The van der Waals surface area contributed by atoms with E-state index in [4.69, 9.17) is 4.98 Å². The maximum absolute atomic E-state index is 12.5. The number of carbonyl (C=O) groups is 2. The van der Waals surface area contributed by atoms with E-state index in [1.54, 1.807) is 12.1 Å². The number of aliphatic hydroxyl groups excluding tert-OH is 4. The first-order valence-corrected chi connectivity index (χ1v) is 17.1. The summed E-state index contributed by atoms with van der Waals surface area (Å²) in [5.74, 6) is -3.23. The number of aryl methyl sites for hydroxylation is 2. The molecule has 2 bridgehead atoms. The number of carbonyl (C=O) groups excluding carboxylic acids is 2. The monoisotopic (exact) mass is 693 g/mol. The molecule has 13 heteroatoms. The van der Waals surface area contributed by atoms with Gasteiger partial charge in [-0.15, -0.1) is 0 Å². The standard InChI is InChI=1S/C37H51N5O8/c1-24-14-26(34(47)32(16-24)39-36(49)28(20-43)21-44)18-41-10-3-4-11-42(13-9-31-7-5-6-30(38-31)8-12-41)19-27-15-25(2)17-33(35(27)48)40-37(50)29(22-45)23-46/h5-7,14-17,28-29,43-48H,3-4,8-13,18-23H2,1-2H3,(H,39,49)(H,40,50). The molecule has 0 aliphatic carbocycles. The van der Waals surface area contributed by atoms with Crippen LogP contribution in [0.15, 0.2) is 42.5 Å². The highest BCUT2D eigenvalue weighted by Gasteiger charge is 2.22.